The molecule has 1 aromatic heterocycles. The van der Waals surface area contributed by atoms with E-state index in [2.05, 4.69) is 276 Å². The van der Waals surface area contributed by atoms with E-state index in [4.69, 9.17) is 0 Å². The number of benzene rings is 11. The quantitative estimate of drug-likeness (QED) is 0.148. The third kappa shape index (κ3) is 6.11. The van der Waals surface area contributed by atoms with Crippen molar-refractivity contribution in [2.75, 3.05) is 4.90 Å². The molecule has 0 N–H and O–H groups in total. The molecule has 11 aromatic carbocycles. The fraction of sp³-hybridized carbons (Fsp3) is 0.0154. The summed E-state index contributed by atoms with van der Waals surface area (Å²) in [5.41, 5.74) is 18.5. The van der Waals surface area contributed by atoms with Gasteiger partial charge in [-0.05, 0) is 110 Å². The molecule has 0 fully saturated rings. The molecule has 1 unspecified atom stereocenters. The average molecular weight is 853 g/mol. The number of aromatic nitrogens is 1. The molecule has 0 saturated heterocycles. The highest BCUT2D eigenvalue weighted by atomic mass is 15.1. The van der Waals surface area contributed by atoms with Gasteiger partial charge in [0.25, 0.3) is 0 Å². The lowest BCUT2D eigenvalue weighted by Crippen LogP contribution is -2.29. The molecule has 0 bridgehead atoms. The van der Waals surface area contributed by atoms with Gasteiger partial charge in [-0.15, -0.1) is 0 Å². The Hall–Kier alpha value is -8.72. The minimum Gasteiger partial charge on any atom is -0.310 e. The van der Waals surface area contributed by atoms with Crippen LogP contribution in [-0.2, 0) is 5.41 Å². The highest BCUT2D eigenvalue weighted by molar-refractivity contribution is 6.19. The third-order valence-corrected chi connectivity index (χ3v) is 14.0. The minimum absolute atomic E-state index is 0.612. The van der Waals surface area contributed by atoms with E-state index in [-0.39, 0.29) is 0 Å². The summed E-state index contributed by atoms with van der Waals surface area (Å²) in [5, 5.41) is 4.90. The van der Waals surface area contributed by atoms with Crippen LogP contribution in [0.25, 0.3) is 71.6 Å². The summed E-state index contributed by atoms with van der Waals surface area (Å²) in [4.78, 5) is 2.45. The van der Waals surface area contributed by atoms with E-state index in [9.17, 15) is 0 Å². The number of hydrogen-bond acceptors (Lipinski definition) is 1. The molecule has 1 aliphatic carbocycles. The Bertz CT molecular complexity index is 3800. The molecular weight excluding hydrogens is 809 g/mol. The lowest BCUT2D eigenvalue weighted by molar-refractivity contribution is 0.770. The van der Waals surface area contributed by atoms with Gasteiger partial charge in [0, 0.05) is 38.9 Å². The maximum absolute atomic E-state index is 2.49. The molecule has 314 valence electrons. The van der Waals surface area contributed by atoms with E-state index in [1.165, 1.54) is 82.7 Å². The second kappa shape index (κ2) is 15.8. The fourth-order valence-corrected chi connectivity index (χ4v) is 11.2. The normalized spacial score (nSPS) is 14.0. The molecule has 1 aliphatic rings. The Morgan fingerprint density at radius 3 is 1.66 bits per heavy atom. The maximum Gasteiger partial charge on any atom is 0.0720 e. The van der Waals surface area contributed by atoms with Crippen LogP contribution in [0.15, 0.2) is 267 Å². The molecule has 13 rings (SSSR count). The Labute approximate surface area is 390 Å². The lowest BCUT2D eigenvalue weighted by atomic mass is 9.66. The molecule has 1 atom stereocenters. The molecule has 67 heavy (non-hydrogen) atoms. The van der Waals surface area contributed by atoms with Gasteiger partial charge in [-0.1, -0.05) is 218 Å². The predicted molar refractivity (Wildman–Crippen MR) is 281 cm³/mol. The average Bonchev–Trinajstić information content (AvgIpc) is 3.90. The zero-order valence-electron chi connectivity index (χ0n) is 36.8. The first-order valence-electron chi connectivity index (χ1n) is 23.2. The Morgan fingerprint density at radius 1 is 0.313 bits per heavy atom. The van der Waals surface area contributed by atoms with Crippen molar-refractivity contribution in [3.05, 3.63) is 289 Å². The zero-order chi connectivity index (χ0) is 44.3. The van der Waals surface area contributed by atoms with Crippen LogP contribution in [0.3, 0.4) is 0 Å². The van der Waals surface area contributed by atoms with Crippen LogP contribution >= 0.6 is 0 Å². The second-order valence-corrected chi connectivity index (χ2v) is 17.6. The molecular formula is C65H44N2. The first kappa shape index (κ1) is 38.7. The third-order valence-electron chi connectivity index (χ3n) is 14.0. The van der Waals surface area contributed by atoms with Crippen molar-refractivity contribution in [1.29, 1.82) is 0 Å². The topological polar surface area (TPSA) is 8.17 Å². The molecule has 0 spiro atoms. The maximum atomic E-state index is 2.49. The molecule has 2 nitrogen and oxygen atoms in total. The summed E-state index contributed by atoms with van der Waals surface area (Å²) in [6, 6.07) is 98.2. The van der Waals surface area contributed by atoms with Gasteiger partial charge in [0.1, 0.15) is 0 Å². The fourth-order valence-electron chi connectivity index (χ4n) is 11.2. The highest BCUT2D eigenvalue weighted by Gasteiger charge is 2.47. The van der Waals surface area contributed by atoms with E-state index >= 15 is 0 Å². The number of rotatable bonds is 8. The standard InChI is InChI=1S/C65H44N2/c1-5-20-45(21-6-1)48-25-19-30-51(42-48)67-63-44-53(38-41-58(63)59-39-36-47-24-13-14-32-55(47)64(59)67)66(50-28-11-4-12-29-50)52-37-40-57-56-33-16-18-35-61(56)65(62(57)43-52,49-26-9-3-10-27-49)60-34-17-15-31-54(60)46-22-7-2-8-23-46/h1-44H. The van der Waals surface area contributed by atoms with Crippen molar-refractivity contribution in [3.63, 3.8) is 0 Å². The lowest BCUT2D eigenvalue weighted by Gasteiger charge is -2.36. The summed E-state index contributed by atoms with van der Waals surface area (Å²) in [6.45, 7) is 0. The van der Waals surface area contributed by atoms with E-state index < -0.39 is 5.41 Å². The number of anilines is 3. The zero-order valence-corrected chi connectivity index (χ0v) is 36.8. The van der Waals surface area contributed by atoms with Crippen molar-refractivity contribution < 1.29 is 0 Å². The van der Waals surface area contributed by atoms with Gasteiger partial charge in [-0.25, -0.2) is 0 Å². The second-order valence-electron chi connectivity index (χ2n) is 17.6. The van der Waals surface area contributed by atoms with Crippen LogP contribution in [0.4, 0.5) is 17.1 Å². The largest absolute Gasteiger partial charge is 0.310 e. The van der Waals surface area contributed by atoms with Crippen LogP contribution in [0.5, 0.6) is 0 Å². The number of hydrogen-bond donors (Lipinski definition) is 0. The van der Waals surface area contributed by atoms with Crippen molar-refractivity contribution >= 4 is 49.6 Å². The van der Waals surface area contributed by atoms with Gasteiger partial charge in [0.2, 0.25) is 0 Å². The molecule has 0 radical (unpaired) electrons. The van der Waals surface area contributed by atoms with Gasteiger partial charge in [0.05, 0.1) is 16.4 Å². The van der Waals surface area contributed by atoms with Gasteiger partial charge in [0.15, 0.2) is 0 Å². The summed E-state index contributed by atoms with van der Waals surface area (Å²) in [5.74, 6) is 0. The molecule has 0 saturated carbocycles. The highest BCUT2D eigenvalue weighted by Crippen LogP contribution is 2.59. The van der Waals surface area contributed by atoms with Gasteiger partial charge < -0.3 is 9.47 Å². The molecule has 0 aliphatic heterocycles. The summed E-state index contributed by atoms with van der Waals surface area (Å²) in [7, 11) is 0. The monoisotopic (exact) mass is 852 g/mol. The van der Waals surface area contributed by atoms with Crippen LogP contribution in [0.1, 0.15) is 22.3 Å². The van der Waals surface area contributed by atoms with Crippen molar-refractivity contribution in [1.82, 2.24) is 4.57 Å². The van der Waals surface area contributed by atoms with E-state index in [1.807, 2.05) is 0 Å². The Morgan fingerprint density at radius 2 is 0.881 bits per heavy atom. The molecule has 1 heterocycles. The van der Waals surface area contributed by atoms with E-state index in [0.29, 0.717) is 0 Å². The van der Waals surface area contributed by atoms with Gasteiger partial charge in [-0.3, -0.25) is 0 Å². The predicted octanol–water partition coefficient (Wildman–Crippen LogP) is 17.1. The van der Waals surface area contributed by atoms with Gasteiger partial charge in [-0.2, -0.15) is 0 Å². The Kier molecular flexibility index (Phi) is 9.11. The van der Waals surface area contributed by atoms with Gasteiger partial charge >= 0.3 is 0 Å². The molecule has 12 aromatic rings. The number of para-hydroxylation sites is 1. The first-order chi connectivity index (χ1) is 33.3. The number of fused-ring (bicyclic) bond motifs is 8. The Balaban J connectivity index is 1.08. The van der Waals surface area contributed by atoms with Crippen LogP contribution in [0.2, 0.25) is 0 Å². The smallest absolute Gasteiger partial charge is 0.0720 e. The molecule has 2 heteroatoms. The van der Waals surface area contributed by atoms with Crippen molar-refractivity contribution in [2.24, 2.45) is 0 Å². The van der Waals surface area contributed by atoms with E-state index in [1.54, 1.807) is 0 Å². The van der Waals surface area contributed by atoms with Crippen LogP contribution in [-0.4, -0.2) is 4.57 Å². The van der Waals surface area contributed by atoms with Crippen LogP contribution < -0.4 is 4.90 Å². The summed E-state index contributed by atoms with van der Waals surface area (Å²) in [6.07, 6.45) is 0. The summed E-state index contributed by atoms with van der Waals surface area (Å²) >= 11 is 0. The van der Waals surface area contributed by atoms with Crippen LogP contribution in [0, 0.1) is 0 Å². The minimum atomic E-state index is -0.612. The SMILES string of the molecule is c1ccc(-c2cccc(-n3c4cc(N(c5ccccc5)c5ccc6c(c5)C(c5ccccc5)(c5ccccc5-c5ccccc5)c5ccccc5-6)ccc4c4ccc5ccccc5c43)c2)cc1. The van der Waals surface area contributed by atoms with E-state index in [0.717, 1.165) is 28.3 Å². The number of nitrogens with zero attached hydrogens (tertiary/aromatic N) is 2. The first-order valence-corrected chi connectivity index (χ1v) is 23.2. The van der Waals surface area contributed by atoms with Crippen molar-refractivity contribution in [2.45, 2.75) is 5.41 Å². The summed E-state index contributed by atoms with van der Waals surface area (Å²) < 4.78 is 2.49. The molecule has 0 amide bonds. The van der Waals surface area contributed by atoms with Crippen molar-refractivity contribution in [3.8, 4) is 39.1 Å².